The molecule has 0 bridgehead atoms. The lowest BCUT2D eigenvalue weighted by Crippen LogP contribution is -2.13. The summed E-state index contributed by atoms with van der Waals surface area (Å²) < 4.78 is 3.70. The maximum absolute atomic E-state index is 11.0. The molecule has 0 saturated heterocycles. The lowest BCUT2D eigenvalue weighted by atomic mass is 10.2. The predicted octanol–water partition coefficient (Wildman–Crippen LogP) is 1.69. The van der Waals surface area contributed by atoms with E-state index in [0.717, 1.165) is 22.8 Å². The van der Waals surface area contributed by atoms with E-state index in [2.05, 4.69) is 14.9 Å². The molecule has 2 aromatic rings. The van der Waals surface area contributed by atoms with E-state index in [-0.39, 0.29) is 5.69 Å². The molecule has 2 rings (SSSR count). The number of nitrogens with one attached hydrogen (secondary N) is 1. The van der Waals surface area contributed by atoms with Crippen molar-refractivity contribution in [3.8, 4) is 0 Å². The van der Waals surface area contributed by atoms with Crippen molar-refractivity contribution in [2.24, 2.45) is 5.73 Å². The van der Waals surface area contributed by atoms with Crippen molar-refractivity contribution in [3.63, 3.8) is 0 Å². The number of nitrogens with two attached hydrogens (primary N) is 1. The molecule has 0 fully saturated rings. The molecule has 1 amide bonds. The monoisotopic (exact) mass is 234 g/mol. The van der Waals surface area contributed by atoms with Gasteiger partial charge in [0, 0.05) is 17.2 Å². The van der Waals surface area contributed by atoms with Gasteiger partial charge in [0.25, 0.3) is 5.91 Å². The molecular weight excluding hydrogens is 224 g/mol. The molecule has 1 aromatic carbocycles. The van der Waals surface area contributed by atoms with Gasteiger partial charge in [0.05, 0.1) is 0 Å². The molecule has 6 heteroatoms. The van der Waals surface area contributed by atoms with Crippen molar-refractivity contribution in [1.29, 1.82) is 0 Å². The fourth-order valence-electron chi connectivity index (χ4n) is 1.27. The van der Waals surface area contributed by atoms with Gasteiger partial charge in [-0.2, -0.15) is 0 Å². The second-order valence-electron chi connectivity index (χ2n) is 3.25. The van der Waals surface area contributed by atoms with Gasteiger partial charge in [-0.1, -0.05) is 22.7 Å². The second-order valence-corrected chi connectivity index (χ2v) is 4.01. The van der Waals surface area contributed by atoms with Gasteiger partial charge in [-0.3, -0.25) is 4.79 Å². The Hall–Kier alpha value is -1.95. The van der Waals surface area contributed by atoms with E-state index in [1.807, 2.05) is 31.2 Å². The maximum Gasteiger partial charge on any atom is 0.272 e. The Morgan fingerprint density at radius 3 is 2.88 bits per heavy atom. The Bertz CT molecular complexity index is 523. The van der Waals surface area contributed by atoms with Crippen molar-refractivity contribution in [3.05, 3.63) is 35.5 Å². The molecule has 0 aliphatic carbocycles. The summed E-state index contributed by atoms with van der Waals surface area (Å²) >= 11 is 1.11. The number of aryl methyl sites for hydroxylation is 1. The van der Waals surface area contributed by atoms with Gasteiger partial charge in [0.15, 0.2) is 5.69 Å². The number of nitrogens with zero attached hydrogens (tertiary/aromatic N) is 2. The molecule has 0 aliphatic rings. The van der Waals surface area contributed by atoms with Crippen LogP contribution in [0, 0.1) is 6.92 Å². The highest BCUT2D eigenvalue weighted by Gasteiger charge is 2.13. The fraction of sp³-hybridized carbons (Fsp3) is 0.100. The van der Waals surface area contributed by atoms with Crippen LogP contribution in [-0.2, 0) is 0 Å². The van der Waals surface area contributed by atoms with Gasteiger partial charge < -0.3 is 11.1 Å². The SMILES string of the molecule is Cc1ccccc1Nc1snnc1C(N)=O. The molecule has 16 heavy (non-hydrogen) atoms. The fourth-order valence-corrected chi connectivity index (χ4v) is 1.86. The molecular formula is C10H10N4OS. The third-order valence-corrected chi connectivity index (χ3v) is 2.76. The van der Waals surface area contributed by atoms with E-state index in [1.54, 1.807) is 0 Å². The van der Waals surface area contributed by atoms with Gasteiger partial charge in [-0.15, -0.1) is 5.10 Å². The van der Waals surface area contributed by atoms with Crippen LogP contribution >= 0.6 is 11.5 Å². The third-order valence-electron chi connectivity index (χ3n) is 2.11. The number of primary amides is 1. The highest BCUT2D eigenvalue weighted by atomic mass is 32.1. The highest BCUT2D eigenvalue weighted by molar-refractivity contribution is 7.10. The number of hydrogen-bond acceptors (Lipinski definition) is 5. The molecule has 0 atom stereocenters. The molecule has 0 saturated carbocycles. The number of amides is 1. The molecule has 0 unspecified atom stereocenters. The Morgan fingerprint density at radius 1 is 1.44 bits per heavy atom. The smallest absolute Gasteiger partial charge is 0.272 e. The van der Waals surface area contributed by atoms with E-state index in [9.17, 15) is 4.79 Å². The van der Waals surface area contributed by atoms with Crippen LogP contribution in [-0.4, -0.2) is 15.5 Å². The van der Waals surface area contributed by atoms with Gasteiger partial charge in [0.2, 0.25) is 0 Å². The van der Waals surface area contributed by atoms with E-state index in [4.69, 9.17) is 5.73 Å². The first-order chi connectivity index (χ1) is 7.68. The maximum atomic E-state index is 11.0. The zero-order valence-corrected chi connectivity index (χ0v) is 9.41. The average molecular weight is 234 g/mol. The van der Waals surface area contributed by atoms with Crippen molar-refractivity contribution in [2.75, 3.05) is 5.32 Å². The molecule has 3 N–H and O–H groups in total. The number of rotatable bonds is 3. The van der Waals surface area contributed by atoms with E-state index in [1.165, 1.54) is 0 Å². The van der Waals surface area contributed by atoms with Crippen molar-refractivity contribution in [2.45, 2.75) is 6.92 Å². The Balaban J connectivity index is 2.31. The number of carbonyl (C=O) groups excluding carboxylic acids is 1. The van der Waals surface area contributed by atoms with E-state index < -0.39 is 5.91 Å². The minimum atomic E-state index is -0.579. The quantitative estimate of drug-likeness (QED) is 0.846. The average Bonchev–Trinajstić information content (AvgIpc) is 2.69. The summed E-state index contributed by atoms with van der Waals surface area (Å²) in [4.78, 5) is 11.0. The zero-order valence-electron chi connectivity index (χ0n) is 8.60. The molecule has 0 spiro atoms. The van der Waals surface area contributed by atoms with Crippen LogP contribution in [0.2, 0.25) is 0 Å². The second kappa shape index (κ2) is 4.28. The van der Waals surface area contributed by atoms with Gasteiger partial charge in [-0.25, -0.2) is 0 Å². The number of anilines is 2. The normalized spacial score (nSPS) is 10.1. The lowest BCUT2D eigenvalue weighted by molar-refractivity contribution is 0.0996. The van der Waals surface area contributed by atoms with Crippen LogP contribution in [0.1, 0.15) is 16.1 Å². The largest absolute Gasteiger partial charge is 0.364 e. The predicted molar refractivity (Wildman–Crippen MR) is 62.9 cm³/mol. The van der Waals surface area contributed by atoms with Crippen LogP contribution in [0.4, 0.5) is 10.7 Å². The molecule has 1 aromatic heterocycles. The molecule has 1 heterocycles. The summed E-state index contributed by atoms with van der Waals surface area (Å²) in [7, 11) is 0. The van der Waals surface area contributed by atoms with Crippen LogP contribution in [0.5, 0.6) is 0 Å². The standard InChI is InChI=1S/C10H10N4OS/c1-6-4-2-3-5-7(6)12-10-8(9(11)15)13-14-16-10/h2-5,12H,1H3,(H2,11,15). The Labute approximate surface area is 96.5 Å². The number of para-hydroxylation sites is 1. The molecule has 0 aliphatic heterocycles. The minimum absolute atomic E-state index is 0.174. The Kier molecular flexibility index (Phi) is 2.82. The summed E-state index contributed by atoms with van der Waals surface area (Å²) in [6.45, 7) is 1.97. The van der Waals surface area contributed by atoms with Crippen LogP contribution in [0.15, 0.2) is 24.3 Å². The van der Waals surface area contributed by atoms with Gasteiger partial charge >= 0.3 is 0 Å². The van der Waals surface area contributed by atoms with Crippen LogP contribution in [0.25, 0.3) is 0 Å². The van der Waals surface area contributed by atoms with Gasteiger partial charge in [-0.05, 0) is 18.6 Å². The topological polar surface area (TPSA) is 80.9 Å². The van der Waals surface area contributed by atoms with E-state index in [0.29, 0.717) is 5.00 Å². The summed E-state index contributed by atoms with van der Waals surface area (Å²) in [6, 6.07) is 7.74. The molecule has 82 valence electrons. The highest BCUT2D eigenvalue weighted by Crippen LogP contribution is 2.24. The van der Waals surface area contributed by atoms with Crippen LogP contribution in [0.3, 0.4) is 0 Å². The van der Waals surface area contributed by atoms with E-state index >= 15 is 0 Å². The van der Waals surface area contributed by atoms with Crippen molar-refractivity contribution >= 4 is 28.1 Å². The molecule has 0 radical (unpaired) electrons. The Morgan fingerprint density at radius 2 is 2.19 bits per heavy atom. The minimum Gasteiger partial charge on any atom is -0.364 e. The number of benzene rings is 1. The summed E-state index contributed by atoms with van der Waals surface area (Å²) in [6.07, 6.45) is 0. The zero-order chi connectivity index (χ0) is 11.5. The van der Waals surface area contributed by atoms with Gasteiger partial charge in [0.1, 0.15) is 5.00 Å². The number of carbonyl (C=O) groups is 1. The van der Waals surface area contributed by atoms with Crippen molar-refractivity contribution in [1.82, 2.24) is 9.59 Å². The van der Waals surface area contributed by atoms with Crippen molar-refractivity contribution < 1.29 is 4.79 Å². The number of aromatic nitrogens is 2. The summed E-state index contributed by atoms with van der Waals surface area (Å²) in [5.41, 5.74) is 7.34. The van der Waals surface area contributed by atoms with Crippen LogP contribution < -0.4 is 11.1 Å². The third kappa shape index (κ3) is 2.01. The first-order valence-corrected chi connectivity index (χ1v) is 5.40. The summed E-state index contributed by atoms with van der Waals surface area (Å²) in [5, 5.41) is 7.34. The first-order valence-electron chi connectivity index (χ1n) is 4.63. The summed E-state index contributed by atoms with van der Waals surface area (Å²) in [5.74, 6) is -0.579. The lowest BCUT2D eigenvalue weighted by Gasteiger charge is -2.06. The first kappa shape index (κ1) is 10.6. The number of hydrogen-bond donors (Lipinski definition) is 2. The molecule has 5 nitrogen and oxygen atoms in total.